The highest BCUT2D eigenvalue weighted by Gasteiger charge is 2.05. The molecule has 0 bridgehead atoms. The van der Waals surface area contributed by atoms with Crippen LogP contribution in [0.25, 0.3) is 0 Å². The van der Waals surface area contributed by atoms with Gasteiger partial charge in [0.05, 0.1) is 11.4 Å². The van der Waals surface area contributed by atoms with Crippen molar-refractivity contribution in [1.29, 1.82) is 0 Å². The fourth-order valence-electron chi connectivity index (χ4n) is 1.90. The van der Waals surface area contributed by atoms with Crippen molar-refractivity contribution < 1.29 is 4.74 Å². The van der Waals surface area contributed by atoms with Gasteiger partial charge in [-0.25, -0.2) is 0 Å². The summed E-state index contributed by atoms with van der Waals surface area (Å²) in [5, 5.41) is 4.40. The minimum absolute atomic E-state index is 0.0539. The molecule has 0 unspecified atom stereocenters. The maximum Gasteiger partial charge on any atom is 0.130 e. The highest BCUT2D eigenvalue weighted by atomic mass is 16.5. The van der Waals surface area contributed by atoms with Gasteiger partial charge in [0, 0.05) is 13.1 Å². The number of aromatic nitrogens is 2. The number of nitrogens with two attached hydrogens (primary N) is 1. The Labute approximate surface area is 114 Å². The Morgan fingerprint density at radius 1 is 1.32 bits per heavy atom. The molecule has 1 aromatic heterocycles. The fraction of sp³-hybridized carbons (Fsp3) is 0.400. The van der Waals surface area contributed by atoms with E-state index in [0.29, 0.717) is 6.61 Å². The minimum atomic E-state index is 0.0539. The van der Waals surface area contributed by atoms with Crippen LogP contribution in [0.5, 0.6) is 5.75 Å². The lowest BCUT2D eigenvalue weighted by molar-refractivity contribution is 0.295. The van der Waals surface area contributed by atoms with Crippen LogP contribution in [0.4, 0.5) is 0 Å². The maximum absolute atomic E-state index is 5.81. The predicted molar refractivity (Wildman–Crippen MR) is 76.0 cm³/mol. The van der Waals surface area contributed by atoms with Gasteiger partial charge in [0.2, 0.25) is 0 Å². The van der Waals surface area contributed by atoms with Crippen LogP contribution in [0, 0.1) is 0 Å². The lowest BCUT2D eigenvalue weighted by atomic mass is 10.1. The molecule has 2 aromatic rings. The molecule has 19 heavy (non-hydrogen) atoms. The Balaban J connectivity index is 1.99. The topological polar surface area (TPSA) is 53.1 Å². The van der Waals surface area contributed by atoms with E-state index >= 15 is 0 Å². The quantitative estimate of drug-likeness (QED) is 0.898. The molecule has 102 valence electrons. The zero-order valence-corrected chi connectivity index (χ0v) is 11.8. The SMILES string of the molecule is CCc1cc(COc2ccc([C@@H](C)N)cc2)n(C)n1. The van der Waals surface area contributed by atoms with Gasteiger partial charge in [0.15, 0.2) is 0 Å². The Hall–Kier alpha value is -1.81. The summed E-state index contributed by atoms with van der Waals surface area (Å²) in [4.78, 5) is 0. The van der Waals surface area contributed by atoms with Gasteiger partial charge in [-0.05, 0) is 37.1 Å². The molecule has 2 N–H and O–H groups in total. The van der Waals surface area contributed by atoms with Crippen LogP contribution >= 0.6 is 0 Å². The molecule has 0 saturated heterocycles. The van der Waals surface area contributed by atoms with Crippen LogP contribution in [-0.2, 0) is 20.1 Å². The zero-order valence-electron chi connectivity index (χ0n) is 11.8. The largest absolute Gasteiger partial charge is 0.487 e. The molecule has 0 aliphatic rings. The maximum atomic E-state index is 5.81. The van der Waals surface area contributed by atoms with Crippen molar-refractivity contribution in [2.45, 2.75) is 32.9 Å². The first-order valence-electron chi connectivity index (χ1n) is 6.60. The average Bonchev–Trinajstić information content (AvgIpc) is 2.77. The Bertz CT molecular complexity index is 529. The van der Waals surface area contributed by atoms with Crippen molar-refractivity contribution in [2.24, 2.45) is 12.8 Å². The Morgan fingerprint density at radius 3 is 2.53 bits per heavy atom. The van der Waals surface area contributed by atoms with Crippen LogP contribution in [0.2, 0.25) is 0 Å². The molecule has 1 heterocycles. The third kappa shape index (κ3) is 3.35. The first-order chi connectivity index (χ1) is 9.10. The fourth-order valence-corrected chi connectivity index (χ4v) is 1.90. The van der Waals surface area contributed by atoms with Crippen molar-refractivity contribution in [2.75, 3.05) is 0 Å². The number of aryl methyl sites for hydroxylation is 2. The van der Waals surface area contributed by atoms with Crippen LogP contribution in [0.3, 0.4) is 0 Å². The summed E-state index contributed by atoms with van der Waals surface area (Å²) in [5.74, 6) is 0.851. The Kier molecular flexibility index (Phi) is 4.22. The molecular formula is C15H21N3O. The lowest BCUT2D eigenvalue weighted by Crippen LogP contribution is -2.05. The second-order valence-corrected chi connectivity index (χ2v) is 4.75. The summed E-state index contributed by atoms with van der Waals surface area (Å²) in [6, 6.07) is 10.0. The van der Waals surface area contributed by atoms with E-state index in [1.54, 1.807) is 0 Å². The van der Waals surface area contributed by atoms with Gasteiger partial charge in [-0.2, -0.15) is 5.10 Å². The monoisotopic (exact) mass is 259 g/mol. The summed E-state index contributed by atoms with van der Waals surface area (Å²) < 4.78 is 7.63. The number of rotatable bonds is 5. The first-order valence-corrected chi connectivity index (χ1v) is 6.60. The molecule has 4 heteroatoms. The highest BCUT2D eigenvalue weighted by Crippen LogP contribution is 2.17. The number of hydrogen-bond donors (Lipinski definition) is 1. The molecule has 0 aliphatic carbocycles. The van der Waals surface area contributed by atoms with Gasteiger partial charge in [0.25, 0.3) is 0 Å². The summed E-state index contributed by atoms with van der Waals surface area (Å²) >= 11 is 0. The Morgan fingerprint density at radius 2 is 2.00 bits per heavy atom. The van der Waals surface area contributed by atoms with Crippen molar-refractivity contribution in [1.82, 2.24) is 9.78 Å². The molecular weight excluding hydrogens is 238 g/mol. The summed E-state index contributed by atoms with van der Waals surface area (Å²) in [6.45, 7) is 4.60. The average molecular weight is 259 g/mol. The molecule has 0 radical (unpaired) electrons. The second kappa shape index (κ2) is 5.89. The first kappa shape index (κ1) is 13.6. The van der Waals surface area contributed by atoms with Gasteiger partial charge in [-0.15, -0.1) is 0 Å². The zero-order chi connectivity index (χ0) is 13.8. The van der Waals surface area contributed by atoms with Crippen molar-refractivity contribution in [3.63, 3.8) is 0 Å². The molecule has 4 nitrogen and oxygen atoms in total. The molecule has 0 spiro atoms. The van der Waals surface area contributed by atoms with E-state index in [2.05, 4.69) is 18.1 Å². The van der Waals surface area contributed by atoms with E-state index in [0.717, 1.165) is 29.1 Å². The van der Waals surface area contributed by atoms with Crippen LogP contribution in [0.1, 0.15) is 36.8 Å². The van der Waals surface area contributed by atoms with Gasteiger partial charge in [-0.1, -0.05) is 19.1 Å². The highest BCUT2D eigenvalue weighted by molar-refractivity contribution is 5.29. The van der Waals surface area contributed by atoms with Crippen LogP contribution < -0.4 is 10.5 Å². The minimum Gasteiger partial charge on any atom is -0.487 e. The smallest absolute Gasteiger partial charge is 0.130 e. The molecule has 2 rings (SSSR count). The number of ether oxygens (including phenoxy) is 1. The summed E-state index contributed by atoms with van der Waals surface area (Å²) in [5.41, 5.74) is 9.09. The van der Waals surface area contributed by atoms with E-state index in [-0.39, 0.29) is 6.04 Å². The molecule has 0 amide bonds. The number of nitrogens with zero attached hydrogens (tertiary/aromatic N) is 2. The van der Waals surface area contributed by atoms with Crippen LogP contribution in [0.15, 0.2) is 30.3 Å². The van der Waals surface area contributed by atoms with E-state index in [4.69, 9.17) is 10.5 Å². The lowest BCUT2D eigenvalue weighted by Gasteiger charge is -2.09. The van der Waals surface area contributed by atoms with Crippen molar-refractivity contribution in [3.8, 4) is 5.75 Å². The third-order valence-corrected chi connectivity index (χ3v) is 3.18. The van der Waals surface area contributed by atoms with Gasteiger partial charge in [-0.3, -0.25) is 4.68 Å². The van der Waals surface area contributed by atoms with Gasteiger partial charge < -0.3 is 10.5 Å². The second-order valence-electron chi connectivity index (χ2n) is 4.75. The van der Waals surface area contributed by atoms with E-state index < -0.39 is 0 Å². The number of hydrogen-bond acceptors (Lipinski definition) is 3. The molecule has 0 aliphatic heterocycles. The predicted octanol–water partition coefficient (Wildman–Crippen LogP) is 2.58. The van der Waals surface area contributed by atoms with Crippen molar-refractivity contribution in [3.05, 3.63) is 47.3 Å². The molecule has 1 atom stereocenters. The van der Waals surface area contributed by atoms with Gasteiger partial charge in [0.1, 0.15) is 12.4 Å². The van der Waals surface area contributed by atoms with Crippen molar-refractivity contribution >= 4 is 0 Å². The third-order valence-electron chi connectivity index (χ3n) is 3.18. The number of benzene rings is 1. The van der Waals surface area contributed by atoms with Crippen LogP contribution in [-0.4, -0.2) is 9.78 Å². The molecule has 0 saturated carbocycles. The van der Waals surface area contributed by atoms with E-state index in [1.165, 1.54) is 0 Å². The van der Waals surface area contributed by atoms with E-state index in [1.807, 2.05) is 42.9 Å². The summed E-state index contributed by atoms with van der Waals surface area (Å²) in [7, 11) is 1.94. The standard InChI is InChI=1S/C15H21N3O/c1-4-13-9-14(18(3)17-13)10-19-15-7-5-12(6-8-15)11(2)16/h5-9,11H,4,10,16H2,1-3H3/t11-/m1/s1. The molecule has 0 fully saturated rings. The van der Waals surface area contributed by atoms with E-state index in [9.17, 15) is 0 Å². The normalized spacial score (nSPS) is 12.4. The molecule has 1 aromatic carbocycles. The van der Waals surface area contributed by atoms with Gasteiger partial charge >= 0.3 is 0 Å². The summed E-state index contributed by atoms with van der Waals surface area (Å²) in [6.07, 6.45) is 0.941.